The molecule has 0 aliphatic carbocycles. The highest BCUT2D eigenvalue weighted by Crippen LogP contribution is 2.31. The summed E-state index contributed by atoms with van der Waals surface area (Å²) in [6.45, 7) is 0.398. The molecule has 0 saturated carbocycles. The lowest BCUT2D eigenvalue weighted by atomic mass is 10.1. The van der Waals surface area contributed by atoms with Crippen molar-refractivity contribution in [1.82, 2.24) is 5.32 Å². The maximum Gasteiger partial charge on any atom is 0.417 e. The van der Waals surface area contributed by atoms with E-state index in [9.17, 15) is 18.0 Å². The first-order valence-electron chi connectivity index (χ1n) is 6.45. The number of benzene rings is 1. The second-order valence-electron chi connectivity index (χ2n) is 4.38. The molecule has 2 rings (SSSR count). The van der Waals surface area contributed by atoms with E-state index in [-0.39, 0.29) is 5.56 Å². The minimum Gasteiger partial charge on any atom is -0.345 e. The highest BCUT2D eigenvalue weighted by molar-refractivity contribution is 7.09. The summed E-state index contributed by atoms with van der Waals surface area (Å²) < 4.78 is 38.3. The van der Waals surface area contributed by atoms with Crippen LogP contribution < -0.4 is 5.32 Å². The number of hydrogen-bond donors (Lipinski definition) is 1. The van der Waals surface area contributed by atoms with Crippen molar-refractivity contribution in [3.8, 4) is 11.8 Å². The number of rotatable bonds is 3. The van der Waals surface area contributed by atoms with Crippen LogP contribution in [0.25, 0.3) is 0 Å². The highest BCUT2D eigenvalue weighted by Gasteiger charge is 2.32. The molecular formula is C16H12F3NOS. The number of alkyl halides is 3. The van der Waals surface area contributed by atoms with Crippen LogP contribution in [0, 0.1) is 11.8 Å². The van der Waals surface area contributed by atoms with E-state index in [1.807, 2.05) is 17.5 Å². The van der Waals surface area contributed by atoms with Gasteiger partial charge < -0.3 is 5.32 Å². The van der Waals surface area contributed by atoms with Gasteiger partial charge in [0.15, 0.2) is 0 Å². The van der Waals surface area contributed by atoms with Gasteiger partial charge in [-0.2, -0.15) is 13.2 Å². The molecule has 1 aromatic carbocycles. The molecule has 6 heteroatoms. The molecule has 1 N–H and O–H groups in total. The standard InChI is InChI=1S/C16H12F3NOS/c17-16(18,19)14-6-2-1-4-12(14)7-8-15(21)20-10-9-13-5-3-11-22-13/h1-6,11H,9-10H2,(H,20,21). The van der Waals surface area contributed by atoms with Gasteiger partial charge in [0.2, 0.25) is 0 Å². The average molecular weight is 323 g/mol. The van der Waals surface area contributed by atoms with Crippen molar-refractivity contribution in [1.29, 1.82) is 0 Å². The van der Waals surface area contributed by atoms with Crippen molar-refractivity contribution in [3.05, 3.63) is 57.8 Å². The van der Waals surface area contributed by atoms with Crippen molar-refractivity contribution in [2.24, 2.45) is 0 Å². The van der Waals surface area contributed by atoms with E-state index in [4.69, 9.17) is 0 Å². The summed E-state index contributed by atoms with van der Waals surface area (Å²) in [5.74, 6) is 3.89. The van der Waals surface area contributed by atoms with Gasteiger partial charge in [-0.05, 0) is 30.0 Å². The number of hydrogen-bond acceptors (Lipinski definition) is 2. The van der Waals surface area contributed by atoms with Gasteiger partial charge in [-0.1, -0.05) is 24.1 Å². The fourth-order valence-corrected chi connectivity index (χ4v) is 2.47. The Morgan fingerprint density at radius 3 is 2.64 bits per heavy atom. The topological polar surface area (TPSA) is 29.1 Å². The minimum atomic E-state index is -4.49. The Kier molecular flexibility index (Phi) is 5.23. The Morgan fingerprint density at radius 2 is 1.95 bits per heavy atom. The minimum absolute atomic E-state index is 0.205. The number of nitrogens with one attached hydrogen (secondary N) is 1. The zero-order valence-corrected chi connectivity index (χ0v) is 12.2. The predicted octanol–water partition coefficient (Wildman–Crippen LogP) is 3.48. The number of thiophene rings is 1. The second kappa shape index (κ2) is 7.14. The molecule has 1 heterocycles. The molecule has 0 radical (unpaired) electrons. The summed E-state index contributed by atoms with van der Waals surface area (Å²) in [7, 11) is 0. The zero-order valence-electron chi connectivity index (χ0n) is 11.4. The van der Waals surface area contributed by atoms with Gasteiger partial charge in [-0.15, -0.1) is 11.3 Å². The Bertz CT molecular complexity index is 696. The largest absolute Gasteiger partial charge is 0.417 e. The Morgan fingerprint density at radius 1 is 1.18 bits per heavy atom. The maximum absolute atomic E-state index is 12.8. The average Bonchev–Trinajstić information content (AvgIpc) is 2.98. The lowest BCUT2D eigenvalue weighted by molar-refractivity contribution is -0.137. The van der Waals surface area contributed by atoms with E-state index in [2.05, 4.69) is 17.2 Å². The third kappa shape index (κ3) is 4.64. The zero-order chi connectivity index (χ0) is 16.0. The van der Waals surface area contributed by atoms with Crippen LogP contribution in [0.5, 0.6) is 0 Å². The van der Waals surface area contributed by atoms with Gasteiger partial charge in [-0.3, -0.25) is 4.79 Å². The van der Waals surface area contributed by atoms with E-state index in [0.717, 1.165) is 10.9 Å². The summed E-state index contributed by atoms with van der Waals surface area (Å²) >= 11 is 1.58. The molecule has 114 valence electrons. The quantitative estimate of drug-likeness (QED) is 0.861. The molecule has 0 aliphatic rings. The smallest absolute Gasteiger partial charge is 0.345 e. The van der Waals surface area contributed by atoms with Gasteiger partial charge in [0.05, 0.1) is 5.56 Å². The molecular weight excluding hydrogens is 311 g/mol. The summed E-state index contributed by atoms with van der Waals surface area (Å²) in [5, 5.41) is 4.50. The van der Waals surface area contributed by atoms with Gasteiger partial charge in [-0.25, -0.2) is 0 Å². The molecule has 22 heavy (non-hydrogen) atoms. The van der Waals surface area contributed by atoms with Crippen LogP contribution >= 0.6 is 11.3 Å². The molecule has 2 nitrogen and oxygen atoms in total. The maximum atomic E-state index is 12.8. The van der Waals surface area contributed by atoms with Crippen molar-refractivity contribution < 1.29 is 18.0 Å². The number of halogens is 3. The summed E-state index contributed by atoms with van der Waals surface area (Å²) in [5.41, 5.74) is -1.04. The first-order valence-corrected chi connectivity index (χ1v) is 7.33. The van der Waals surface area contributed by atoms with E-state index >= 15 is 0 Å². The number of amides is 1. The molecule has 2 aromatic rings. The molecule has 0 aliphatic heterocycles. The van der Waals surface area contributed by atoms with Crippen molar-refractivity contribution in [2.45, 2.75) is 12.6 Å². The molecule has 0 bridgehead atoms. The van der Waals surface area contributed by atoms with Crippen LogP contribution in [0.15, 0.2) is 41.8 Å². The molecule has 0 fully saturated rings. The molecule has 1 aromatic heterocycles. The highest BCUT2D eigenvalue weighted by atomic mass is 32.1. The number of carbonyl (C=O) groups excluding carboxylic acids is 1. The monoisotopic (exact) mass is 323 g/mol. The van der Waals surface area contributed by atoms with E-state index in [0.29, 0.717) is 13.0 Å². The third-order valence-corrected chi connectivity index (χ3v) is 3.72. The van der Waals surface area contributed by atoms with Crippen LogP contribution in [-0.2, 0) is 17.4 Å². The van der Waals surface area contributed by atoms with Gasteiger partial charge >= 0.3 is 6.18 Å². The fraction of sp³-hybridized carbons (Fsp3) is 0.188. The van der Waals surface area contributed by atoms with E-state index in [1.165, 1.54) is 18.2 Å². The third-order valence-electron chi connectivity index (χ3n) is 2.78. The predicted molar refractivity (Wildman–Crippen MR) is 79.4 cm³/mol. The van der Waals surface area contributed by atoms with Crippen LogP contribution in [0.1, 0.15) is 16.0 Å². The molecule has 0 atom stereocenters. The molecule has 0 saturated heterocycles. The Labute approximate surface area is 130 Å². The second-order valence-corrected chi connectivity index (χ2v) is 5.41. The number of carbonyl (C=O) groups is 1. The van der Waals surface area contributed by atoms with Crippen LogP contribution in [-0.4, -0.2) is 12.5 Å². The fourth-order valence-electron chi connectivity index (χ4n) is 1.76. The van der Waals surface area contributed by atoms with Crippen molar-refractivity contribution >= 4 is 17.2 Å². The van der Waals surface area contributed by atoms with E-state index < -0.39 is 17.6 Å². The first kappa shape index (κ1) is 16.1. The van der Waals surface area contributed by atoms with Crippen LogP contribution in [0.4, 0.5) is 13.2 Å². The normalized spacial score (nSPS) is 10.7. The van der Waals surface area contributed by atoms with E-state index in [1.54, 1.807) is 11.3 Å². The molecule has 1 amide bonds. The van der Waals surface area contributed by atoms with Gasteiger partial charge in [0.1, 0.15) is 0 Å². The molecule has 0 spiro atoms. The van der Waals surface area contributed by atoms with Gasteiger partial charge in [0.25, 0.3) is 5.91 Å². The lowest BCUT2D eigenvalue weighted by Gasteiger charge is -2.08. The molecule has 0 unspecified atom stereocenters. The van der Waals surface area contributed by atoms with Crippen molar-refractivity contribution in [2.75, 3.05) is 6.54 Å². The first-order chi connectivity index (χ1) is 10.5. The van der Waals surface area contributed by atoms with Crippen LogP contribution in [0.3, 0.4) is 0 Å². The van der Waals surface area contributed by atoms with Crippen molar-refractivity contribution in [3.63, 3.8) is 0 Å². The van der Waals surface area contributed by atoms with Crippen LogP contribution in [0.2, 0.25) is 0 Å². The summed E-state index contributed by atoms with van der Waals surface area (Å²) in [6, 6.07) is 8.79. The SMILES string of the molecule is O=C(C#Cc1ccccc1C(F)(F)F)NCCc1cccs1. The Hall–Kier alpha value is -2.26. The Balaban J connectivity index is 1.96. The summed E-state index contributed by atoms with van der Waals surface area (Å²) in [6.07, 6.45) is -3.81. The van der Waals surface area contributed by atoms with Gasteiger partial charge in [0, 0.05) is 22.9 Å². The summed E-state index contributed by atoms with van der Waals surface area (Å²) in [4.78, 5) is 12.7. The lowest BCUT2D eigenvalue weighted by Crippen LogP contribution is -2.23.